The number of hydrogen-bond acceptors (Lipinski definition) is 4. The second kappa shape index (κ2) is 5.72. The van der Waals surface area contributed by atoms with Crippen molar-refractivity contribution in [3.05, 3.63) is 12.1 Å². The number of nitrogen functional groups attached to an aromatic ring is 1. The lowest BCUT2D eigenvalue weighted by molar-refractivity contribution is -0.117. The second-order valence-corrected chi connectivity index (χ2v) is 5.22. The van der Waals surface area contributed by atoms with Crippen LogP contribution >= 0.6 is 0 Å². The normalized spacial score (nSPS) is 12.6. The van der Waals surface area contributed by atoms with Gasteiger partial charge in [-0.2, -0.15) is 13.8 Å². The van der Waals surface area contributed by atoms with Gasteiger partial charge >= 0.3 is 12.3 Å². The van der Waals surface area contributed by atoms with Crippen LogP contribution < -0.4 is 15.8 Å². The van der Waals surface area contributed by atoms with Crippen molar-refractivity contribution in [1.29, 1.82) is 0 Å². The maximum atomic E-state index is 12.8. The van der Waals surface area contributed by atoms with Crippen LogP contribution in [-0.4, -0.2) is 29.5 Å². The Bertz CT molecular complexity index is 461. The summed E-state index contributed by atoms with van der Waals surface area (Å²) in [5.41, 5.74) is 5.29. The standard InChI is InChI=1S/C12H17F4N3O/c1-11(2,3)20-9-7(17)4-5-8(19-9)18-6-12(15,16)10(13)14/h4-5,10H,6,17H2,1-3H3,(H,18,19). The maximum absolute atomic E-state index is 12.8. The largest absolute Gasteiger partial charge is 0.470 e. The molecule has 0 aliphatic rings. The summed E-state index contributed by atoms with van der Waals surface area (Å²) >= 11 is 0. The summed E-state index contributed by atoms with van der Waals surface area (Å²) in [6, 6.07) is 2.71. The molecule has 8 heteroatoms. The van der Waals surface area contributed by atoms with Crippen LogP contribution in [0.5, 0.6) is 5.88 Å². The smallest absolute Gasteiger partial charge is 0.324 e. The summed E-state index contributed by atoms with van der Waals surface area (Å²) in [4.78, 5) is 3.88. The first-order chi connectivity index (χ1) is 9.01. The zero-order chi connectivity index (χ0) is 15.6. The highest BCUT2D eigenvalue weighted by molar-refractivity contribution is 5.53. The van der Waals surface area contributed by atoms with Gasteiger partial charge in [0.1, 0.15) is 11.4 Å². The Morgan fingerprint density at radius 1 is 1.30 bits per heavy atom. The van der Waals surface area contributed by atoms with Gasteiger partial charge in [0.05, 0.1) is 12.2 Å². The van der Waals surface area contributed by atoms with E-state index in [4.69, 9.17) is 10.5 Å². The first kappa shape index (κ1) is 16.3. The maximum Gasteiger partial charge on any atom is 0.324 e. The summed E-state index contributed by atoms with van der Waals surface area (Å²) in [5.74, 6) is -4.09. The molecule has 0 unspecified atom stereocenters. The van der Waals surface area contributed by atoms with E-state index in [1.165, 1.54) is 12.1 Å². The third-order valence-electron chi connectivity index (χ3n) is 2.12. The number of anilines is 2. The lowest BCUT2D eigenvalue weighted by Crippen LogP contribution is -2.35. The van der Waals surface area contributed by atoms with Gasteiger partial charge in [-0.1, -0.05) is 0 Å². The number of nitrogens with one attached hydrogen (secondary N) is 1. The summed E-state index contributed by atoms with van der Waals surface area (Å²) in [7, 11) is 0. The molecule has 0 aliphatic heterocycles. The SMILES string of the molecule is CC(C)(C)Oc1nc(NCC(F)(F)C(F)F)ccc1N. The minimum absolute atomic E-state index is 0.0150. The van der Waals surface area contributed by atoms with E-state index in [9.17, 15) is 17.6 Å². The molecule has 0 aliphatic carbocycles. The van der Waals surface area contributed by atoms with Gasteiger partial charge in [0.25, 0.3) is 0 Å². The molecule has 0 amide bonds. The van der Waals surface area contributed by atoms with Crippen molar-refractivity contribution in [2.45, 2.75) is 38.7 Å². The Hall–Kier alpha value is -1.73. The zero-order valence-corrected chi connectivity index (χ0v) is 11.4. The average Bonchev–Trinajstić information content (AvgIpc) is 2.28. The first-order valence-electron chi connectivity index (χ1n) is 5.87. The van der Waals surface area contributed by atoms with Crippen LogP contribution in [0.25, 0.3) is 0 Å². The molecule has 1 rings (SSSR count). The monoisotopic (exact) mass is 295 g/mol. The number of alkyl halides is 4. The number of pyridine rings is 1. The second-order valence-electron chi connectivity index (χ2n) is 5.22. The van der Waals surface area contributed by atoms with E-state index in [2.05, 4.69) is 10.3 Å². The minimum Gasteiger partial charge on any atom is -0.470 e. The van der Waals surface area contributed by atoms with Gasteiger partial charge in [-0.25, -0.2) is 8.78 Å². The number of nitrogens with two attached hydrogens (primary N) is 1. The third-order valence-corrected chi connectivity index (χ3v) is 2.12. The van der Waals surface area contributed by atoms with E-state index >= 15 is 0 Å². The molecule has 0 atom stereocenters. The fraction of sp³-hybridized carbons (Fsp3) is 0.583. The molecule has 0 radical (unpaired) electrons. The first-order valence-corrected chi connectivity index (χ1v) is 5.87. The van der Waals surface area contributed by atoms with Gasteiger partial charge in [0.2, 0.25) is 5.88 Å². The van der Waals surface area contributed by atoms with Gasteiger partial charge in [0.15, 0.2) is 0 Å². The topological polar surface area (TPSA) is 60.2 Å². The number of hydrogen-bond donors (Lipinski definition) is 2. The molecule has 1 aromatic rings. The highest BCUT2D eigenvalue weighted by Gasteiger charge is 2.40. The number of aromatic nitrogens is 1. The average molecular weight is 295 g/mol. The predicted molar refractivity (Wildman–Crippen MR) is 68.5 cm³/mol. The van der Waals surface area contributed by atoms with Crippen molar-refractivity contribution in [2.75, 3.05) is 17.6 Å². The molecule has 4 nitrogen and oxygen atoms in total. The Morgan fingerprint density at radius 3 is 2.40 bits per heavy atom. The van der Waals surface area contributed by atoms with E-state index in [1.807, 2.05) is 0 Å². The molecule has 0 bridgehead atoms. The van der Waals surface area contributed by atoms with Crippen LogP contribution in [0.15, 0.2) is 12.1 Å². The molecule has 1 heterocycles. The molecule has 0 aromatic carbocycles. The summed E-state index contributed by atoms with van der Waals surface area (Å²) in [6.07, 6.45) is -3.74. The van der Waals surface area contributed by atoms with E-state index in [0.717, 1.165) is 0 Å². The number of ether oxygens (including phenoxy) is 1. The van der Waals surface area contributed by atoms with Crippen molar-refractivity contribution in [3.8, 4) is 5.88 Å². The van der Waals surface area contributed by atoms with Crippen LogP contribution in [0.3, 0.4) is 0 Å². The van der Waals surface area contributed by atoms with Gasteiger partial charge in [-0.3, -0.25) is 0 Å². The van der Waals surface area contributed by atoms with E-state index in [0.29, 0.717) is 0 Å². The Labute approximate surface area is 114 Å². The van der Waals surface area contributed by atoms with Gasteiger partial charge in [-0.05, 0) is 32.9 Å². The molecular weight excluding hydrogens is 278 g/mol. The fourth-order valence-corrected chi connectivity index (χ4v) is 1.21. The Kier molecular flexibility index (Phi) is 4.67. The highest BCUT2D eigenvalue weighted by atomic mass is 19.3. The summed E-state index contributed by atoms with van der Waals surface area (Å²) in [6.45, 7) is 4.06. The van der Waals surface area contributed by atoms with Crippen LogP contribution in [0, 0.1) is 0 Å². The predicted octanol–water partition coefficient (Wildman–Crippen LogP) is 3.15. The molecule has 0 saturated heterocycles. The highest BCUT2D eigenvalue weighted by Crippen LogP contribution is 2.27. The summed E-state index contributed by atoms with van der Waals surface area (Å²) < 4.78 is 55.1. The van der Waals surface area contributed by atoms with E-state index in [1.54, 1.807) is 20.8 Å². The third kappa shape index (κ3) is 4.75. The summed E-state index contributed by atoms with van der Waals surface area (Å²) in [5, 5.41) is 2.14. The van der Waals surface area contributed by atoms with Crippen molar-refractivity contribution in [3.63, 3.8) is 0 Å². The van der Waals surface area contributed by atoms with Gasteiger partial charge in [-0.15, -0.1) is 0 Å². The zero-order valence-electron chi connectivity index (χ0n) is 11.4. The van der Waals surface area contributed by atoms with Crippen molar-refractivity contribution >= 4 is 11.5 Å². The van der Waals surface area contributed by atoms with E-state index < -0.39 is 24.5 Å². The lowest BCUT2D eigenvalue weighted by atomic mass is 10.2. The molecule has 3 N–H and O–H groups in total. The van der Waals surface area contributed by atoms with Crippen LogP contribution in [-0.2, 0) is 0 Å². The molecule has 0 fully saturated rings. The molecule has 0 spiro atoms. The number of nitrogens with zero attached hydrogens (tertiary/aromatic N) is 1. The fourth-order valence-electron chi connectivity index (χ4n) is 1.21. The Balaban J connectivity index is 2.80. The number of halogens is 4. The quantitative estimate of drug-likeness (QED) is 0.819. The van der Waals surface area contributed by atoms with Crippen molar-refractivity contribution in [2.24, 2.45) is 0 Å². The van der Waals surface area contributed by atoms with Crippen molar-refractivity contribution < 1.29 is 22.3 Å². The Morgan fingerprint density at radius 2 is 1.90 bits per heavy atom. The molecule has 0 saturated carbocycles. The molecule has 114 valence electrons. The van der Waals surface area contributed by atoms with Crippen LogP contribution in [0.4, 0.5) is 29.1 Å². The van der Waals surface area contributed by atoms with Crippen molar-refractivity contribution in [1.82, 2.24) is 4.98 Å². The molecular formula is C12H17F4N3O. The van der Waals surface area contributed by atoms with Crippen LogP contribution in [0.1, 0.15) is 20.8 Å². The number of rotatable bonds is 5. The van der Waals surface area contributed by atoms with Gasteiger partial charge in [0, 0.05) is 0 Å². The van der Waals surface area contributed by atoms with E-state index in [-0.39, 0.29) is 17.4 Å². The molecule has 1 aromatic heterocycles. The van der Waals surface area contributed by atoms with Gasteiger partial charge < -0.3 is 15.8 Å². The molecule has 20 heavy (non-hydrogen) atoms. The minimum atomic E-state index is -4.13. The van der Waals surface area contributed by atoms with Crippen LogP contribution in [0.2, 0.25) is 0 Å². The lowest BCUT2D eigenvalue weighted by Gasteiger charge is -2.22.